The van der Waals surface area contributed by atoms with Crippen LogP contribution in [0.5, 0.6) is 0 Å². The summed E-state index contributed by atoms with van der Waals surface area (Å²) in [6, 6.07) is 8.16. The maximum Gasteiger partial charge on any atom is 0.0917 e. The van der Waals surface area contributed by atoms with Crippen LogP contribution < -0.4 is 0 Å². The molecular formula is C20H22N5OY-. The average molecular weight is 437 g/mol. The Morgan fingerprint density at radius 3 is 2.48 bits per heavy atom. The molecule has 0 amide bonds. The molecule has 0 bridgehead atoms. The molecule has 27 heavy (non-hydrogen) atoms. The molecule has 1 aromatic carbocycles. The first-order valence-electron chi connectivity index (χ1n) is 8.64. The van der Waals surface area contributed by atoms with Crippen molar-refractivity contribution in [2.45, 2.75) is 33.3 Å². The molecule has 0 atom stereocenters. The van der Waals surface area contributed by atoms with E-state index in [2.05, 4.69) is 20.9 Å². The first-order chi connectivity index (χ1) is 12.3. The second-order valence-corrected chi connectivity index (χ2v) is 7.16. The molecule has 0 unspecified atom stereocenters. The number of aryl methyl sites for hydroxylation is 2. The van der Waals surface area contributed by atoms with Gasteiger partial charge in [0.1, 0.15) is 0 Å². The van der Waals surface area contributed by atoms with E-state index in [1.54, 1.807) is 18.5 Å². The minimum Gasteiger partial charge on any atom is -0.477 e. The fourth-order valence-corrected chi connectivity index (χ4v) is 3.55. The molecule has 0 spiro atoms. The van der Waals surface area contributed by atoms with Gasteiger partial charge in [0.15, 0.2) is 0 Å². The zero-order valence-electron chi connectivity index (χ0n) is 16.2. The molecule has 1 radical (unpaired) electrons. The van der Waals surface area contributed by atoms with Gasteiger partial charge >= 0.3 is 0 Å². The van der Waals surface area contributed by atoms with Crippen molar-refractivity contribution in [3.05, 3.63) is 48.3 Å². The molecule has 7 heteroatoms. The molecule has 137 valence electrons. The topological polar surface area (TPSA) is 68.8 Å². The normalized spacial score (nSPS) is 11.8. The second-order valence-electron chi connectivity index (χ2n) is 7.16. The number of nitrogens with zero attached hydrogens (tertiary/aromatic N) is 5. The molecule has 0 saturated carbocycles. The number of pyridine rings is 1. The van der Waals surface area contributed by atoms with Crippen LogP contribution in [0.25, 0.3) is 33.2 Å². The number of aromatic nitrogens is 5. The van der Waals surface area contributed by atoms with Crippen molar-refractivity contribution < 1.29 is 37.8 Å². The smallest absolute Gasteiger partial charge is 0.0917 e. The van der Waals surface area contributed by atoms with Crippen LogP contribution >= 0.6 is 0 Å². The number of hydrogen-bond acceptors (Lipinski definition) is 4. The Bertz CT molecular complexity index is 1120. The van der Waals surface area contributed by atoms with E-state index in [9.17, 15) is 5.11 Å². The van der Waals surface area contributed by atoms with Crippen LogP contribution in [0.15, 0.2) is 30.5 Å². The third-order valence-electron chi connectivity index (χ3n) is 4.87. The molecule has 0 aliphatic carbocycles. The molecule has 6 nitrogen and oxygen atoms in total. The summed E-state index contributed by atoms with van der Waals surface area (Å²) >= 11 is 0. The summed E-state index contributed by atoms with van der Waals surface area (Å²) in [4.78, 5) is 4.74. The zero-order chi connectivity index (χ0) is 18.6. The molecule has 3 heterocycles. The molecular weight excluding hydrogens is 415 g/mol. The van der Waals surface area contributed by atoms with E-state index in [4.69, 9.17) is 4.98 Å². The van der Waals surface area contributed by atoms with E-state index in [1.165, 1.54) is 0 Å². The predicted molar refractivity (Wildman–Crippen MR) is 103 cm³/mol. The van der Waals surface area contributed by atoms with Crippen molar-refractivity contribution in [1.82, 2.24) is 24.5 Å². The summed E-state index contributed by atoms with van der Waals surface area (Å²) in [7, 11) is 1.89. The molecule has 1 N–H and O–H groups in total. The largest absolute Gasteiger partial charge is 0.477 e. The number of rotatable bonds is 3. The summed E-state index contributed by atoms with van der Waals surface area (Å²) in [6.45, 7) is 9.57. The second kappa shape index (κ2) is 7.00. The van der Waals surface area contributed by atoms with Crippen molar-refractivity contribution in [3.63, 3.8) is 0 Å². The standard InChI is InChI=1S/C20H22N5O.Y/c1-6-25-16-10-14(20(3,4)26)7-8-15(16)18-17(25)9-13(11-21-18)19-12(2)22-23-24(19)5;/h6-11,26H,1-5H3;/q-1;. The van der Waals surface area contributed by atoms with Gasteiger partial charge in [0, 0.05) is 57.0 Å². The van der Waals surface area contributed by atoms with Crippen molar-refractivity contribution in [1.29, 1.82) is 0 Å². The molecule has 0 fully saturated rings. The van der Waals surface area contributed by atoms with Crippen molar-refractivity contribution >= 4 is 21.9 Å². The van der Waals surface area contributed by atoms with Crippen LogP contribution in [0.4, 0.5) is 0 Å². The SMILES string of the molecule is C[CH-]n1c2cc(C(C)(C)O)ccc2c2ncc(-c3c(C)nnn3C)cc21.[Y]. The van der Waals surface area contributed by atoms with Gasteiger partial charge < -0.3 is 9.67 Å². The van der Waals surface area contributed by atoms with Gasteiger partial charge in [-0.3, -0.25) is 4.98 Å². The first kappa shape index (κ1) is 20.0. The fourth-order valence-electron chi connectivity index (χ4n) is 3.55. The first-order valence-corrected chi connectivity index (χ1v) is 8.64. The maximum absolute atomic E-state index is 10.4. The van der Waals surface area contributed by atoms with Gasteiger partial charge in [-0.25, -0.2) is 4.68 Å². The van der Waals surface area contributed by atoms with Gasteiger partial charge in [0.2, 0.25) is 0 Å². The minimum absolute atomic E-state index is 0. The van der Waals surface area contributed by atoms with Crippen LogP contribution in [0.2, 0.25) is 0 Å². The van der Waals surface area contributed by atoms with E-state index >= 15 is 0 Å². The third-order valence-corrected chi connectivity index (χ3v) is 4.87. The Kier molecular flexibility index (Phi) is 5.19. The zero-order valence-corrected chi connectivity index (χ0v) is 19.1. The monoisotopic (exact) mass is 437 g/mol. The quantitative estimate of drug-likeness (QED) is 0.498. The Balaban J connectivity index is 0.00000210. The fraction of sp³-hybridized carbons (Fsp3) is 0.300. The van der Waals surface area contributed by atoms with Crippen LogP contribution in [-0.2, 0) is 45.4 Å². The number of benzene rings is 1. The number of fused-ring (bicyclic) bond motifs is 3. The van der Waals surface area contributed by atoms with Crippen LogP contribution in [0, 0.1) is 13.5 Å². The Labute approximate surface area is 183 Å². The molecule has 0 saturated heterocycles. The van der Waals surface area contributed by atoms with E-state index in [1.807, 2.05) is 51.8 Å². The summed E-state index contributed by atoms with van der Waals surface area (Å²) in [5.41, 5.74) is 5.81. The van der Waals surface area contributed by atoms with E-state index in [0.29, 0.717) is 0 Å². The molecule has 4 aromatic rings. The van der Waals surface area contributed by atoms with Crippen LogP contribution in [-0.4, -0.2) is 29.7 Å². The molecule has 4 rings (SSSR count). The third kappa shape index (κ3) is 3.20. The molecule has 0 aliphatic rings. The van der Waals surface area contributed by atoms with Crippen molar-refractivity contribution in [2.24, 2.45) is 7.05 Å². The Morgan fingerprint density at radius 2 is 1.89 bits per heavy atom. The van der Waals surface area contributed by atoms with Crippen molar-refractivity contribution in [2.75, 3.05) is 0 Å². The number of hydrogen-bond donors (Lipinski definition) is 1. The van der Waals surface area contributed by atoms with Gasteiger partial charge in [-0.1, -0.05) is 41.9 Å². The average Bonchev–Trinajstić information content (AvgIpc) is 3.09. The van der Waals surface area contributed by atoms with Gasteiger partial charge in [-0.05, 0) is 37.2 Å². The van der Waals surface area contributed by atoms with Gasteiger partial charge in [0.25, 0.3) is 0 Å². The van der Waals surface area contributed by atoms with Gasteiger partial charge in [0.05, 0.1) is 17.0 Å². The molecule has 0 aliphatic heterocycles. The van der Waals surface area contributed by atoms with Crippen LogP contribution in [0.3, 0.4) is 0 Å². The predicted octanol–water partition coefficient (Wildman–Crippen LogP) is 3.55. The summed E-state index contributed by atoms with van der Waals surface area (Å²) < 4.78 is 3.89. The van der Waals surface area contributed by atoms with E-state index in [0.717, 1.165) is 44.5 Å². The summed E-state index contributed by atoms with van der Waals surface area (Å²) in [6.07, 6.45) is 1.87. The maximum atomic E-state index is 10.4. The summed E-state index contributed by atoms with van der Waals surface area (Å²) in [5, 5.41) is 19.7. The Hall–Kier alpha value is -1.76. The van der Waals surface area contributed by atoms with Crippen LogP contribution in [0.1, 0.15) is 32.0 Å². The minimum atomic E-state index is -0.890. The molecule has 3 aromatic heterocycles. The number of aliphatic hydroxyl groups is 1. The van der Waals surface area contributed by atoms with E-state index in [-0.39, 0.29) is 32.7 Å². The summed E-state index contributed by atoms with van der Waals surface area (Å²) in [5.74, 6) is 0. The Morgan fingerprint density at radius 1 is 1.15 bits per heavy atom. The van der Waals surface area contributed by atoms with Crippen molar-refractivity contribution in [3.8, 4) is 11.3 Å². The van der Waals surface area contributed by atoms with Gasteiger partial charge in [-0.2, -0.15) is 0 Å². The van der Waals surface area contributed by atoms with E-state index < -0.39 is 5.60 Å². The van der Waals surface area contributed by atoms with Gasteiger partial charge in [-0.15, -0.1) is 11.6 Å².